The fourth-order valence-corrected chi connectivity index (χ4v) is 3.78. The number of carbonyl (C=O) groups is 1. The molecule has 1 aliphatic heterocycles. The highest BCUT2D eigenvalue weighted by atomic mass is 35.5. The summed E-state index contributed by atoms with van der Waals surface area (Å²) >= 11 is 5.89. The van der Waals surface area contributed by atoms with Crippen molar-refractivity contribution in [2.45, 2.75) is 19.3 Å². The van der Waals surface area contributed by atoms with Crippen molar-refractivity contribution >= 4 is 28.9 Å². The molecule has 158 valence electrons. The van der Waals surface area contributed by atoms with Gasteiger partial charge in [-0.1, -0.05) is 23.7 Å². The van der Waals surface area contributed by atoms with Gasteiger partial charge in [-0.15, -0.1) is 0 Å². The number of hydrogen-bond acceptors (Lipinski definition) is 3. The first-order valence-corrected chi connectivity index (χ1v) is 10.7. The van der Waals surface area contributed by atoms with Crippen LogP contribution in [0.4, 0.5) is 10.1 Å². The van der Waals surface area contributed by atoms with Gasteiger partial charge in [0.25, 0.3) is 5.91 Å². The van der Waals surface area contributed by atoms with Crippen LogP contribution in [0.1, 0.15) is 40.7 Å². The second-order valence-electron chi connectivity index (χ2n) is 7.51. The molecule has 1 amide bonds. The fourth-order valence-electron chi connectivity index (χ4n) is 3.66. The molecule has 0 atom stereocenters. The predicted octanol–water partition coefficient (Wildman–Crippen LogP) is 5.65. The van der Waals surface area contributed by atoms with Gasteiger partial charge in [0, 0.05) is 40.5 Å². The third kappa shape index (κ3) is 5.30. The van der Waals surface area contributed by atoms with Crippen LogP contribution in [0.15, 0.2) is 77.9 Å². The van der Waals surface area contributed by atoms with Crippen LogP contribution in [0.2, 0.25) is 5.02 Å². The van der Waals surface area contributed by atoms with Crippen LogP contribution < -0.4 is 10.3 Å². The summed E-state index contributed by atoms with van der Waals surface area (Å²) in [5, 5.41) is 4.94. The number of halogens is 2. The van der Waals surface area contributed by atoms with Crippen LogP contribution in [0, 0.1) is 5.82 Å². The van der Waals surface area contributed by atoms with Gasteiger partial charge in [0.05, 0.1) is 5.71 Å². The van der Waals surface area contributed by atoms with Gasteiger partial charge < -0.3 is 4.90 Å². The van der Waals surface area contributed by atoms with Crippen LogP contribution >= 0.6 is 11.6 Å². The minimum absolute atomic E-state index is 0.325. The first-order chi connectivity index (χ1) is 15.1. The zero-order valence-electron chi connectivity index (χ0n) is 17.0. The number of carbonyl (C=O) groups excluding carboxylic acids is 1. The second-order valence-corrected chi connectivity index (χ2v) is 7.95. The first-order valence-electron chi connectivity index (χ1n) is 10.3. The van der Waals surface area contributed by atoms with E-state index in [1.807, 2.05) is 12.1 Å². The van der Waals surface area contributed by atoms with E-state index in [2.05, 4.69) is 27.6 Å². The lowest BCUT2D eigenvalue weighted by molar-refractivity contribution is 0.0955. The van der Waals surface area contributed by atoms with Crippen LogP contribution in [0.5, 0.6) is 0 Å². The highest BCUT2D eigenvalue weighted by Crippen LogP contribution is 2.22. The van der Waals surface area contributed by atoms with Gasteiger partial charge in [0.1, 0.15) is 5.82 Å². The molecule has 0 bridgehead atoms. The average molecular weight is 436 g/mol. The lowest BCUT2D eigenvalue weighted by Crippen LogP contribution is -2.29. The zero-order chi connectivity index (χ0) is 21.6. The molecular formula is C25H23ClFN3O. The molecule has 6 heteroatoms. The van der Waals surface area contributed by atoms with Gasteiger partial charge in [0.2, 0.25) is 0 Å². The van der Waals surface area contributed by atoms with E-state index < -0.39 is 0 Å². The van der Waals surface area contributed by atoms with Gasteiger partial charge in [-0.2, -0.15) is 5.10 Å². The SMILES string of the molecule is O=C(NN=C(c1ccc(F)cc1)c1ccc(N2CCCCC2)cc1)c1ccc(Cl)cc1. The van der Waals surface area contributed by atoms with Crippen molar-refractivity contribution in [3.63, 3.8) is 0 Å². The maximum atomic E-state index is 13.5. The Morgan fingerprint density at radius 3 is 1.97 bits per heavy atom. The molecule has 0 saturated carbocycles. The van der Waals surface area contributed by atoms with Gasteiger partial charge >= 0.3 is 0 Å². The van der Waals surface area contributed by atoms with Gasteiger partial charge in [-0.25, -0.2) is 9.82 Å². The molecule has 1 N–H and O–H groups in total. The highest BCUT2D eigenvalue weighted by molar-refractivity contribution is 6.30. The summed E-state index contributed by atoms with van der Waals surface area (Å²) in [5.41, 5.74) is 6.35. The van der Waals surface area contributed by atoms with E-state index in [1.54, 1.807) is 36.4 Å². The van der Waals surface area contributed by atoms with E-state index in [0.717, 1.165) is 18.7 Å². The summed E-state index contributed by atoms with van der Waals surface area (Å²) in [6.07, 6.45) is 3.70. The Balaban J connectivity index is 1.61. The maximum absolute atomic E-state index is 13.5. The van der Waals surface area contributed by atoms with Crippen molar-refractivity contribution in [1.29, 1.82) is 0 Å². The summed E-state index contributed by atoms with van der Waals surface area (Å²) in [7, 11) is 0. The number of hydrazone groups is 1. The van der Waals surface area contributed by atoms with Crippen molar-refractivity contribution in [1.82, 2.24) is 5.43 Å². The van der Waals surface area contributed by atoms with E-state index >= 15 is 0 Å². The van der Waals surface area contributed by atoms with Crippen LogP contribution in [-0.2, 0) is 0 Å². The Labute approximate surface area is 186 Å². The smallest absolute Gasteiger partial charge is 0.271 e. The molecule has 0 aromatic heterocycles. The van der Waals surface area contributed by atoms with E-state index in [0.29, 0.717) is 21.9 Å². The van der Waals surface area contributed by atoms with E-state index in [-0.39, 0.29) is 11.7 Å². The number of nitrogens with one attached hydrogen (secondary N) is 1. The largest absolute Gasteiger partial charge is 0.372 e. The Bertz CT molecular complexity index is 1060. The lowest BCUT2D eigenvalue weighted by Gasteiger charge is -2.28. The zero-order valence-corrected chi connectivity index (χ0v) is 17.8. The molecule has 3 aromatic rings. The number of rotatable bonds is 5. The van der Waals surface area contributed by atoms with Crippen molar-refractivity contribution in [3.8, 4) is 0 Å². The van der Waals surface area contributed by atoms with Gasteiger partial charge in [-0.3, -0.25) is 4.79 Å². The van der Waals surface area contributed by atoms with Crippen molar-refractivity contribution < 1.29 is 9.18 Å². The van der Waals surface area contributed by atoms with Crippen molar-refractivity contribution in [3.05, 3.63) is 100 Å². The average Bonchev–Trinajstić information content (AvgIpc) is 2.81. The van der Waals surface area contributed by atoms with Crippen LogP contribution in [-0.4, -0.2) is 24.7 Å². The minimum Gasteiger partial charge on any atom is -0.372 e. The van der Waals surface area contributed by atoms with E-state index in [1.165, 1.54) is 37.1 Å². The summed E-state index contributed by atoms with van der Waals surface area (Å²) in [5.74, 6) is -0.671. The monoisotopic (exact) mass is 435 g/mol. The minimum atomic E-state index is -0.346. The fraction of sp³-hybridized carbons (Fsp3) is 0.200. The topological polar surface area (TPSA) is 44.7 Å². The second kappa shape index (κ2) is 9.75. The maximum Gasteiger partial charge on any atom is 0.271 e. The molecule has 1 aliphatic rings. The van der Waals surface area contributed by atoms with E-state index in [4.69, 9.17) is 11.6 Å². The number of anilines is 1. The summed E-state index contributed by atoms with van der Waals surface area (Å²) in [4.78, 5) is 14.9. The number of benzene rings is 3. The highest BCUT2D eigenvalue weighted by Gasteiger charge is 2.13. The predicted molar refractivity (Wildman–Crippen MR) is 123 cm³/mol. The number of hydrogen-bond donors (Lipinski definition) is 1. The summed E-state index contributed by atoms with van der Waals surface area (Å²) in [6, 6.07) is 20.8. The van der Waals surface area contributed by atoms with Crippen LogP contribution in [0.3, 0.4) is 0 Å². The van der Waals surface area contributed by atoms with Crippen molar-refractivity contribution in [2.24, 2.45) is 5.10 Å². The molecule has 3 aromatic carbocycles. The molecule has 1 saturated heterocycles. The van der Waals surface area contributed by atoms with Crippen molar-refractivity contribution in [2.75, 3.05) is 18.0 Å². The Morgan fingerprint density at radius 1 is 0.806 bits per heavy atom. The Kier molecular flexibility index (Phi) is 6.63. The summed E-state index contributed by atoms with van der Waals surface area (Å²) in [6.45, 7) is 2.13. The van der Waals surface area contributed by atoms with E-state index in [9.17, 15) is 9.18 Å². The van der Waals surface area contributed by atoms with Gasteiger partial charge in [-0.05, 0) is 79.9 Å². The van der Waals surface area contributed by atoms with Crippen LogP contribution in [0.25, 0.3) is 0 Å². The molecule has 0 unspecified atom stereocenters. The normalized spacial score (nSPS) is 14.4. The first kappa shape index (κ1) is 21.1. The number of amides is 1. The third-order valence-corrected chi connectivity index (χ3v) is 5.61. The molecule has 4 nitrogen and oxygen atoms in total. The Hall–Kier alpha value is -3.18. The standard InChI is InChI=1S/C25H23ClFN3O/c26-21-10-4-20(5-11-21)25(31)29-28-24(18-6-12-22(27)13-7-18)19-8-14-23(15-9-19)30-16-2-1-3-17-30/h4-15H,1-3,16-17H2,(H,29,31). The molecular weight excluding hydrogens is 413 g/mol. The molecule has 0 radical (unpaired) electrons. The molecule has 4 rings (SSSR count). The molecule has 0 aliphatic carbocycles. The molecule has 1 fully saturated rings. The summed E-state index contributed by atoms with van der Waals surface area (Å²) < 4.78 is 13.5. The molecule has 31 heavy (non-hydrogen) atoms. The number of piperidine rings is 1. The van der Waals surface area contributed by atoms with Gasteiger partial charge in [0.15, 0.2) is 0 Å². The molecule has 0 spiro atoms. The molecule has 1 heterocycles. The lowest BCUT2D eigenvalue weighted by atomic mass is 10.0. The third-order valence-electron chi connectivity index (χ3n) is 5.36. The Morgan fingerprint density at radius 2 is 1.35 bits per heavy atom. The quantitative estimate of drug-likeness (QED) is 0.415. The number of nitrogens with zero attached hydrogens (tertiary/aromatic N) is 2.